The highest BCUT2D eigenvalue weighted by atomic mass is 127. The number of hydrogen-bond donors (Lipinski definition) is 0. The minimum Gasteiger partial charge on any atom is -0.422 e. The zero-order valence-electron chi connectivity index (χ0n) is 31.7. The van der Waals surface area contributed by atoms with Gasteiger partial charge in [0.2, 0.25) is 0 Å². The number of aryl methyl sites for hydroxylation is 3. The van der Waals surface area contributed by atoms with Crippen LogP contribution in [0.25, 0.3) is 21.9 Å². The molecule has 2 saturated carbocycles. The fourth-order valence-corrected chi connectivity index (χ4v) is 9.08. The molecule has 8 rings (SSSR count). The average Bonchev–Trinajstić information content (AvgIpc) is 4.09. The number of nitrogens with zero attached hydrogens (tertiary/aromatic N) is 2. The monoisotopic (exact) mass is 928 g/mol. The van der Waals surface area contributed by atoms with Crippen molar-refractivity contribution in [1.82, 2.24) is 9.13 Å². The number of fused-ring (bicyclic) bond motifs is 2. The van der Waals surface area contributed by atoms with E-state index in [1.54, 1.807) is 53.3 Å². The molecule has 0 atom stereocenters. The molecule has 0 aliphatic heterocycles. The normalized spacial score (nSPS) is 14.4. The summed E-state index contributed by atoms with van der Waals surface area (Å²) in [6.45, 7) is 9.97. The second kappa shape index (κ2) is 14.7. The molecular formula is C40H37IN2O12S2. The van der Waals surface area contributed by atoms with Crippen LogP contribution in [0.1, 0.15) is 71.4 Å². The van der Waals surface area contributed by atoms with Gasteiger partial charge in [-0.15, -0.1) is 0 Å². The summed E-state index contributed by atoms with van der Waals surface area (Å²) in [5.74, 6) is -0.541. The summed E-state index contributed by atoms with van der Waals surface area (Å²) in [5, 5.41) is -0.0648. The molecule has 0 amide bonds. The summed E-state index contributed by atoms with van der Waals surface area (Å²) in [6, 6.07) is 14.0. The highest BCUT2D eigenvalue weighted by Gasteiger charge is 2.33. The minimum atomic E-state index is -4.25. The largest absolute Gasteiger partial charge is 0.422 e. The Kier molecular flexibility index (Phi) is 10.4. The number of pyridine rings is 2. The van der Waals surface area contributed by atoms with Gasteiger partial charge in [-0.1, -0.05) is 35.4 Å². The third kappa shape index (κ3) is 7.59. The first kappa shape index (κ1) is 40.2. The molecular weight excluding hydrogens is 891 g/mol. The van der Waals surface area contributed by atoms with Gasteiger partial charge in [0.25, 0.3) is 11.1 Å². The maximum atomic E-state index is 13.3. The summed E-state index contributed by atoms with van der Waals surface area (Å²) in [4.78, 5) is 50.8. The van der Waals surface area contributed by atoms with Crippen LogP contribution in [0, 0.1) is 45.1 Å². The number of rotatable bonds is 8. The van der Waals surface area contributed by atoms with Gasteiger partial charge in [0.05, 0.1) is 14.7 Å². The van der Waals surface area contributed by atoms with E-state index >= 15 is 0 Å². The zero-order valence-corrected chi connectivity index (χ0v) is 35.5. The smallest absolute Gasteiger partial charge is 0.343 e. The fraction of sp³-hybridized carbons (Fsp3) is 0.300. The van der Waals surface area contributed by atoms with Crippen LogP contribution in [-0.4, -0.2) is 26.0 Å². The Morgan fingerprint density at radius 1 is 0.614 bits per heavy atom. The number of aromatic nitrogens is 2. The Bertz CT molecular complexity index is 3100. The van der Waals surface area contributed by atoms with Crippen LogP contribution in [0.5, 0.6) is 11.5 Å². The van der Waals surface area contributed by atoms with Gasteiger partial charge in [0, 0.05) is 29.5 Å². The predicted molar refractivity (Wildman–Crippen MR) is 220 cm³/mol. The van der Waals surface area contributed by atoms with Crippen LogP contribution >= 0.6 is 22.6 Å². The predicted octanol–water partition coefficient (Wildman–Crippen LogP) is 6.57. The van der Waals surface area contributed by atoms with Crippen molar-refractivity contribution in [2.75, 3.05) is 0 Å². The topological polar surface area (TPSA) is 191 Å². The Morgan fingerprint density at radius 2 is 1.04 bits per heavy atom. The fourth-order valence-electron chi connectivity index (χ4n) is 6.45. The molecule has 2 aliphatic rings. The first-order valence-corrected chi connectivity index (χ1v) is 21.8. The van der Waals surface area contributed by atoms with E-state index in [1.165, 1.54) is 38.1 Å². The van der Waals surface area contributed by atoms with E-state index in [-0.39, 0.29) is 66.4 Å². The second-order valence-corrected chi connectivity index (χ2v) is 18.5. The molecule has 6 aromatic rings. The van der Waals surface area contributed by atoms with Gasteiger partial charge in [0.15, 0.2) is 17.1 Å². The third-order valence-electron chi connectivity index (χ3n) is 9.91. The highest BCUT2D eigenvalue weighted by molar-refractivity contribution is 14.1. The van der Waals surface area contributed by atoms with Gasteiger partial charge in [-0.05, 0) is 114 Å². The van der Waals surface area contributed by atoms with Gasteiger partial charge in [0.1, 0.15) is 26.1 Å². The molecule has 0 bridgehead atoms. The lowest BCUT2D eigenvalue weighted by Gasteiger charge is -2.16. The van der Waals surface area contributed by atoms with Crippen molar-refractivity contribution in [2.24, 2.45) is 0 Å². The van der Waals surface area contributed by atoms with Crippen molar-refractivity contribution in [3.8, 4) is 11.5 Å². The first-order valence-electron chi connectivity index (χ1n) is 17.9. The summed E-state index contributed by atoms with van der Waals surface area (Å²) in [5.41, 5.74) is 0.741. The summed E-state index contributed by atoms with van der Waals surface area (Å²) < 4.78 is 76.4. The summed E-state index contributed by atoms with van der Waals surface area (Å²) >= 11 is 2.01. The number of benzene rings is 2. The van der Waals surface area contributed by atoms with Crippen molar-refractivity contribution in [3.63, 3.8) is 0 Å². The summed E-state index contributed by atoms with van der Waals surface area (Å²) in [7, 11) is -8.48. The maximum Gasteiger partial charge on any atom is 0.343 e. The Morgan fingerprint density at radius 3 is 1.51 bits per heavy atom. The lowest BCUT2D eigenvalue weighted by atomic mass is 10.2. The van der Waals surface area contributed by atoms with Gasteiger partial charge in [-0.3, -0.25) is 9.59 Å². The Labute approximate surface area is 340 Å². The van der Waals surface area contributed by atoms with Crippen LogP contribution in [-0.2, 0) is 20.2 Å². The molecule has 0 radical (unpaired) electrons. The van der Waals surface area contributed by atoms with Crippen molar-refractivity contribution < 1.29 is 34.0 Å². The quantitative estimate of drug-likeness (QED) is 0.118. The molecule has 0 saturated heterocycles. The van der Waals surface area contributed by atoms with E-state index in [1.807, 2.05) is 36.4 Å². The molecule has 14 nitrogen and oxygen atoms in total. The second-order valence-electron chi connectivity index (χ2n) is 14.3. The van der Waals surface area contributed by atoms with Crippen molar-refractivity contribution >= 4 is 64.8 Å². The molecule has 0 spiro atoms. The van der Waals surface area contributed by atoms with Crippen LogP contribution in [0.15, 0.2) is 92.4 Å². The molecule has 4 heterocycles. The van der Waals surface area contributed by atoms with E-state index in [0.29, 0.717) is 15.0 Å². The standard InChI is InChI=1S/C20H18INO6S.C20H19NO6S/c1-10-4-8-14(9-5-10)29(25,26)28-17-11(2)20(24)27-18-15(17)19(23)22(13-6-7-13)12(3)16(18)21;1-11-4-8-15(9-5-11)28(24,25)27-18-13(3)20(23)26-16-10-12(2)21(14-6-7-14)19(22)17(16)18/h4-5,8-9,13H,6-7H2,1-3H3;4-5,8-10,14H,6-7H2,1-3H3. The molecule has 2 aliphatic carbocycles. The lowest BCUT2D eigenvalue weighted by Crippen LogP contribution is -2.25. The summed E-state index contributed by atoms with van der Waals surface area (Å²) in [6.07, 6.45) is 3.49. The van der Waals surface area contributed by atoms with Crippen LogP contribution in [0.2, 0.25) is 0 Å². The van der Waals surface area contributed by atoms with E-state index in [4.69, 9.17) is 17.2 Å². The molecule has 2 fully saturated rings. The van der Waals surface area contributed by atoms with Crippen LogP contribution < -0.4 is 30.7 Å². The van der Waals surface area contributed by atoms with Crippen LogP contribution in [0.3, 0.4) is 0 Å². The Hall–Kier alpha value is -5.01. The van der Waals surface area contributed by atoms with Gasteiger partial charge in [-0.25, -0.2) is 9.59 Å². The molecule has 4 aromatic heterocycles. The van der Waals surface area contributed by atoms with Gasteiger partial charge < -0.3 is 26.3 Å². The van der Waals surface area contributed by atoms with Crippen LogP contribution in [0.4, 0.5) is 0 Å². The van der Waals surface area contributed by atoms with E-state index < -0.39 is 42.6 Å². The molecule has 57 heavy (non-hydrogen) atoms. The molecule has 2 aromatic carbocycles. The lowest BCUT2D eigenvalue weighted by molar-refractivity contribution is 0.475. The van der Waals surface area contributed by atoms with Gasteiger partial charge in [-0.2, -0.15) is 16.8 Å². The number of hydrogen-bond acceptors (Lipinski definition) is 12. The van der Waals surface area contributed by atoms with Crippen molar-refractivity contribution in [3.05, 3.63) is 133 Å². The zero-order chi connectivity index (χ0) is 41.3. The van der Waals surface area contributed by atoms with E-state index in [9.17, 15) is 36.0 Å². The third-order valence-corrected chi connectivity index (χ3v) is 13.7. The maximum absolute atomic E-state index is 13.3. The highest BCUT2D eigenvalue weighted by Crippen LogP contribution is 2.39. The first-order chi connectivity index (χ1) is 26.8. The van der Waals surface area contributed by atoms with Gasteiger partial charge >= 0.3 is 31.5 Å². The minimum absolute atomic E-state index is 0.0177. The average molecular weight is 929 g/mol. The molecule has 0 unspecified atom stereocenters. The molecule has 298 valence electrons. The molecule has 17 heteroatoms. The Balaban J connectivity index is 0.000000174. The van der Waals surface area contributed by atoms with E-state index in [2.05, 4.69) is 0 Å². The van der Waals surface area contributed by atoms with Crippen molar-refractivity contribution in [2.45, 2.75) is 89.1 Å². The SMILES string of the molecule is Cc1ccc(S(=O)(=O)Oc2c(C)c(=O)oc3c(I)c(C)n(C4CC4)c(=O)c23)cc1.Cc1ccc(S(=O)(=O)Oc2c(C)c(=O)oc3cc(C)n(C4CC4)c(=O)c23)cc1. The van der Waals surface area contributed by atoms with Crippen molar-refractivity contribution in [1.29, 1.82) is 0 Å². The molecule has 0 N–H and O–H groups in total. The number of halogens is 1. The van der Waals surface area contributed by atoms with E-state index in [0.717, 1.165) is 36.8 Å².